The van der Waals surface area contributed by atoms with Crippen LogP contribution in [0.15, 0.2) is 35.9 Å². The smallest absolute Gasteiger partial charge is 0.253 e. The van der Waals surface area contributed by atoms with Gasteiger partial charge in [0.25, 0.3) is 11.8 Å². The van der Waals surface area contributed by atoms with Crippen molar-refractivity contribution in [3.8, 4) is 0 Å². The van der Waals surface area contributed by atoms with Gasteiger partial charge in [0.05, 0.1) is 0 Å². The van der Waals surface area contributed by atoms with Gasteiger partial charge in [0.15, 0.2) is 0 Å². The van der Waals surface area contributed by atoms with Crippen molar-refractivity contribution in [2.24, 2.45) is 0 Å². The van der Waals surface area contributed by atoms with Crippen molar-refractivity contribution in [2.75, 3.05) is 32.7 Å². The van der Waals surface area contributed by atoms with Crippen LogP contribution in [0.2, 0.25) is 0 Å². The van der Waals surface area contributed by atoms with Crippen molar-refractivity contribution in [1.82, 2.24) is 15.1 Å². The second-order valence-electron chi connectivity index (χ2n) is 7.12. The molecule has 0 unspecified atom stereocenters. The zero-order valence-electron chi connectivity index (χ0n) is 15.7. The van der Waals surface area contributed by atoms with Crippen LogP contribution in [0.25, 0.3) is 0 Å². The van der Waals surface area contributed by atoms with E-state index in [0.29, 0.717) is 43.9 Å². The number of nitrogens with one attached hydrogen (secondary N) is 1. The summed E-state index contributed by atoms with van der Waals surface area (Å²) < 4.78 is 0. The average Bonchev–Trinajstić information content (AvgIpc) is 2.74. The molecule has 27 heavy (non-hydrogen) atoms. The highest BCUT2D eigenvalue weighted by Gasteiger charge is 2.21. The first kappa shape index (κ1) is 19.1. The number of benzene rings is 1. The topological polar surface area (TPSA) is 69.7 Å². The molecule has 0 spiro atoms. The molecule has 144 valence electrons. The molecular weight excluding hydrogens is 342 g/mol. The van der Waals surface area contributed by atoms with Crippen molar-refractivity contribution in [3.05, 3.63) is 47.0 Å². The molecule has 1 saturated heterocycles. The Bertz CT molecular complexity index is 704. The van der Waals surface area contributed by atoms with Gasteiger partial charge in [-0.3, -0.25) is 14.4 Å². The van der Waals surface area contributed by atoms with Gasteiger partial charge in [-0.25, -0.2) is 0 Å². The third-order valence-corrected chi connectivity index (χ3v) is 5.26. The highest BCUT2D eigenvalue weighted by atomic mass is 16.2. The molecule has 1 N–H and O–H groups in total. The fourth-order valence-electron chi connectivity index (χ4n) is 3.55. The van der Waals surface area contributed by atoms with E-state index >= 15 is 0 Å². The van der Waals surface area contributed by atoms with Gasteiger partial charge in [-0.05, 0) is 56.4 Å². The van der Waals surface area contributed by atoms with E-state index in [4.69, 9.17) is 0 Å². The first-order chi connectivity index (χ1) is 13.2. The lowest BCUT2D eigenvalue weighted by Gasteiger charge is -2.32. The Labute approximate surface area is 160 Å². The number of hydrogen-bond acceptors (Lipinski definition) is 3. The van der Waals surface area contributed by atoms with E-state index in [2.05, 4.69) is 11.4 Å². The third-order valence-electron chi connectivity index (χ3n) is 5.26. The number of piperazine rings is 1. The van der Waals surface area contributed by atoms with Crippen LogP contribution in [0.4, 0.5) is 0 Å². The van der Waals surface area contributed by atoms with Crippen molar-refractivity contribution in [3.63, 3.8) is 0 Å². The zero-order valence-corrected chi connectivity index (χ0v) is 15.7. The molecule has 0 atom stereocenters. The molecule has 1 heterocycles. The van der Waals surface area contributed by atoms with E-state index < -0.39 is 0 Å². The molecule has 1 aromatic carbocycles. The first-order valence-electron chi connectivity index (χ1n) is 9.72. The Balaban J connectivity index is 1.48. The maximum atomic E-state index is 12.5. The van der Waals surface area contributed by atoms with Gasteiger partial charge in [-0.2, -0.15) is 0 Å². The zero-order chi connectivity index (χ0) is 19.1. The summed E-state index contributed by atoms with van der Waals surface area (Å²) in [6.07, 6.45) is 8.85. The van der Waals surface area contributed by atoms with Gasteiger partial charge in [-0.15, -0.1) is 0 Å². The molecule has 0 radical (unpaired) electrons. The molecule has 1 aromatic rings. The molecule has 0 saturated carbocycles. The van der Waals surface area contributed by atoms with E-state index in [1.165, 1.54) is 18.4 Å². The van der Waals surface area contributed by atoms with Crippen molar-refractivity contribution in [2.45, 2.75) is 32.1 Å². The summed E-state index contributed by atoms with van der Waals surface area (Å²) in [4.78, 5) is 39.0. The van der Waals surface area contributed by atoms with E-state index in [0.717, 1.165) is 25.7 Å². The van der Waals surface area contributed by atoms with Crippen molar-refractivity contribution < 1.29 is 14.4 Å². The third kappa shape index (κ3) is 5.18. The van der Waals surface area contributed by atoms with Crippen LogP contribution in [0.3, 0.4) is 0 Å². The summed E-state index contributed by atoms with van der Waals surface area (Å²) in [5.74, 6) is -0.165. The summed E-state index contributed by atoms with van der Waals surface area (Å²) in [6, 6.07) is 6.80. The molecule has 1 aliphatic heterocycles. The minimum atomic E-state index is -0.106. The number of rotatable bonds is 6. The predicted molar refractivity (Wildman–Crippen MR) is 103 cm³/mol. The van der Waals surface area contributed by atoms with E-state index in [1.54, 1.807) is 34.1 Å². The minimum Gasteiger partial charge on any atom is -0.352 e. The van der Waals surface area contributed by atoms with Crippen LogP contribution < -0.4 is 5.32 Å². The summed E-state index contributed by atoms with van der Waals surface area (Å²) in [6.45, 7) is 2.84. The summed E-state index contributed by atoms with van der Waals surface area (Å²) in [5.41, 5.74) is 2.57. The Morgan fingerprint density at radius 3 is 2.33 bits per heavy atom. The van der Waals surface area contributed by atoms with Crippen LogP contribution in [-0.2, 0) is 4.79 Å². The number of allylic oxidation sites excluding steroid dienone is 1. The Kier molecular flexibility index (Phi) is 6.63. The fraction of sp³-hybridized carbons (Fsp3) is 0.476. The largest absolute Gasteiger partial charge is 0.352 e. The van der Waals surface area contributed by atoms with E-state index in [9.17, 15) is 14.4 Å². The highest BCUT2D eigenvalue weighted by Crippen LogP contribution is 2.19. The Hall–Kier alpha value is -2.63. The molecule has 0 bridgehead atoms. The lowest BCUT2D eigenvalue weighted by atomic mass is 9.97. The summed E-state index contributed by atoms with van der Waals surface area (Å²) >= 11 is 0. The quantitative estimate of drug-likeness (QED) is 0.617. The Morgan fingerprint density at radius 2 is 1.70 bits per heavy atom. The van der Waals surface area contributed by atoms with Gasteiger partial charge in [0.1, 0.15) is 0 Å². The van der Waals surface area contributed by atoms with Gasteiger partial charge < -0.3 is 15.1 Å². The minimum absolute atomic E-state index is 0.0586. The van der Waals surface area contributed by atoms with Crippen LogP contribution in [0.1, 0.15) is 52.8 Å². The number of amides is 3. The Morgan fingerprint density at radius 1 is 1.00 bits per heavy atom. The van der Waals surface area contributed by atoms with Gasteiger partial charge in [0.2, 0.25) is 6.41 Å². The molecule has 3 rings (SSSR count). The van der Waals surface area contributed by atoms with Crippen molar-refractivity contribution in [1.29, 1.82) is 0 Å². The number of nitrogens with zero attached hydrogens (tertiary/aromatic N) is 2. The molecule has 1 fully saturated rings. The van der Waals surface area contributed by atoms with Crippen molar-refractivity contribution >= 4 is 18.2 Å². The molecule has 2 aliphatic rings. The normalized spacial score (nSPS) is 17.3. The monoisotopic (exact) mass is 369 g/mol. The van der Waals surface area contributed by atoms with Gasteiger partial charge in [-0.1, -0.05) is 11.6 Å². The van der Waals surface area contributed by atoms with E-state index in [-0.39, 0.29) is 11.8 Å². The van der Waals surface area contributed by atoms with Crippen LogP contribution >= 0.6 is 0 Å². The maximum Gasteiger partial charge on any atom is 0.253 e. The second-order valence-corrected chi connectivity index (χ2v) is 7.12. The van der Waals surface area contributed by atoms with Gasteiger partial charge >= 0.3 is 0 Å². The predicted octanol–water partition coefficient (Wildman–Crippen LogP) is 2.22. The van der Waals surface area contributed by atoms with Crippen LogP contribution in [-0.4, -0.2) is 60.7 Å². The lowest BCUT2D eigenvalue weighted by molar-refractivity contribution is -0.119. The second kappa shape index (κ2) is 9.35. The molecule has 1 aliphatic carbocycles. The summed E-state index contributed by atoms with van der Waals surface area (Å²) in [5, 5.41) is 2.96. The highest BCUT2D eigenvalue weighted by molar-refractivity contribution is 5.97. The number of carbonyl (C=O) groups excluding carboxylic acids is 3. The number of carbonyl (C=O) groups is 3. The average molecular weight is 369 g/mol. The molecule has 3 amide bonds. The molecule has 0 aromatic heterocycles. The molecule has 6 heteroatoms. The lowest BCUT2D eigenvalue weighted by Crippen LogP contribution is -2.48. The SMILES string of the molecule is O=CN1CCN(C(=O)c2ccc(C(=O)NCCC3=CCCCC3)cc2)CC1. The van der Waals surface area contributed by atoms with Gasteiger partial charge in [0, 0.05) is 43.9 Å². The van der Waals surface area contributed by atoms with Crippen LogP contribution in [0, 0.1) is 0 Å². The standard InChI is InChI=1S/C21H27N3O3/c25-16-23-12-14-24(15-13-23)21(27)19-8-6-18(7-9-19)20(26)22-11-10-17-4-2-1-3-5-17/h4,6-9,16H,1-3,5,10-15H2,(H,22,26). The maximum absolute atomic E-state index is 12.5. The first-order valence-corrected chi connectivity index (χ1v) is 9.72. The number of hydrogen-bond donors (Lipinski definition) is 1. The molecule has 6 nitrogen and oxygen atoms in total. The van der Waals surface area contributed by atoms with Crippen LogP contribution in [0.5, 0.6) is 0 Å². The van der Waals surface area contributed by atoms with E-state index in [1.807, 2.05) is 0 Å². The fourth-order valence-corrected chi connectivity index (χ4v) is 3.55. The summed E-state index contributed by atoms with van der Waals surface area (Å²) in [7, 11) is 0. The molecular formula is C21H27N3O3.